The first-order chi connectivity index (χ1) is 9.04. The molecule has 4 N–H and O–H groups in total. The molecule has 1 fully saturated rings. The smallest absolute Gasteiger partial charge is 0.253 e. The van der Waals surface area contributed by atoms with Crippen molar-refractivity contribution >= 4 is 21.4 Å². The van der Waals surface area contributed by atoms with E-state index in [4.69, 9.17) is 5.84 Å². The van der Waals surface area contributed by atoms with Gasteiger partial charge < -0.3 is 10.7 Å². The van der Waals surface area contributed by atoms with E-state index in [2.05, 4.69) is 10.7 Å². The molecule has 1 atom stereocenters. The molecule has 1 aliphatic rings. The van der Waals surface area contributed by atoms with Gasteiger partial charge in [0.05, 0.1) is 22.3 Å². The van der Waals surface area contributed by atoms with Gasteiger partial charge in [0, 0.05) is 6.54 Å². The lowest BCUT2D eigenvalue weighted by molar-refractivity contribution is 0.0954. The van der Waals surface area contributed by atoms with Gasteiger partial charge in [-0.25, -0.2) is 8.42 Å². The number of rotatable bonds is 4. The van der Waals surface area contributed by atoms with Gasteiger partial charge in [-0.3, -0.25) is 10.6 Å². The lowest BCUT2D eigenvalue weighted by Gasteiger charge is -2.12. The van der Waals surface area contributed by atoms with E-state index in [9.17, 15) is 13.2 Å². The van der Waals surface area contributed by atoms with Crippen LogP contribution >= 0.6 is 0 Å². The molecule has 0 radical (unpaired) electrons. The predicted molar refractivity (Wildman–Crippen MR) is 73.4 cm³/mol. The lowest BCUT2D eigenvalue weighted by Crippen LogP contribution is -2.35. The first-order valence-corrected chi connectivity index (χ1v) is 7.81. The molecule has 6 nitrogen and oxygen atoms in total. The van der Waals surface area contributed by atoms with Crippen molar-refractivity contribution in [3.8, 4) is 0 Å². The van der Waals surface area contributed by atoms with Crippen molar-refractivity contribution in [1.82, 2.24) is 5.32 Å². The van der Waals surface area contributed by atoms with Crippen molar-refractivity contribution in [2.75, 3.05) is 17.7 Å². The Kier molecular flexibility index (Phi) is 4.06. The Morgan fingerprint density at radius 3 is 2.74 bits per heavy atom. The molecule has 0 aromatic heterocycles. The van der Waals surface area contributed by atoms with E-state index in [-0.39, 0.29) is 18.2 Å². The second-order valence-corrected chi connectivity index (χ2v) is 6.93. The zero-order chi connectivity index (χ0) is 13.9. The van der Waals surface area contributed by atoms with Gasteiger partial charge in [0.2, 0.25) is 0 Å². The maximum atomic E-state index is 12.0. The van der Waals surface area contributed by atoms with Crippen LogP contribution in [0.15, 0.2) is 24.3 Å². The molecule has 1 aromatic rings. The largest absolute Gasteiger partial charge is 0.351 e. The molecule has 2 rings (SSSR count). The fourth-order valence-electron chi connectivity index (χ4n) is 2.20. The van der Waals surface area contributed by atoms with E-state index >= 15 is 0 Å². The number of sulfone groups is 1. The summed E-state index contributed by atoms with van der Waals surface area (Å²) in [6, 6.07) is 6.80. The number of nitrogens with one attached hydrogen (secondary N) is 2. The molecule has 1 aromatic carbocycles. The van der Waals surface area contributed by atoms with E-state index in [0.29, 0.717) is 24.1 Å². The van der Waals surface area contributed by atoms with Crippen molar-refractivity contribution in [1.29, 1.82) is 0 Å². The number of amides is 1. The number of anilines is 1. The molecular weight excluding hydrogens is 266 g/mol. The van der Waals surface area contributed by atoms with E-state index in [1.165, 1.54) is 0 Å². The summed E-state index contributed by atoms with van der Waals surface area (Å²) in [5.74, 6) is 5.22. The van der Waals surface area contributed by atoms with Crippen LogP contribution in [0.2, 0.25) is 0 Å². The van der Waals surface area contributed by atoms with Gasteiger partial charge in [0.15, 0.2) is 9.84 Å². The number of hydrazine groups is 1. The highest BCUT2D eigenvalue weighted by Gasteiger charge is 2.31. The van der Waals surface area contributed by atoms with Crippen LogP contribution in [0.4, 0.5) is 5.69 Å². The Balaban J connectivity index is 2.02. The molecule has 7 heteroatoms. The second kappa shape index (κ2) is 5.58. The van der Waals surface area contributed by atoms with Gasteiger partial charge in [0.1, 0.15) is 0 Å². The molecule has 19 heavy (non-hydrogen) atoms. The zero-order valence-corrected chi connectivity index (χ0v) is 11.2. The van der Waals surface area contributed by atoms with Crippen molar-refractivity contribution < 1.29 is 13.2 Å². The number of carbonyl (C=O) groups excluding carboxylic acids is 1. The van der Waals surface area contributed by atoms with E-state index in [1.54, 1.807) is 24.3 Å². The van der Waals surface area contributed by atoms with E-state index in [0.717, 1.165) is 0 Å². The molecule has 0 spiro atoms. The van der Waals surface area contributed by atoms with Crippen LogP contribution in [0.1, 0.15) is 23.2 Å². The highest BCUT2D eigenvalue weighted by Crippen LogP contribution is 2.19. The quantitative estimate of drug-likeness (QED) is 0.544. The van der Waals surface area contributed by atoms with E-state index < -0.39 is 15.1 Å². The fraction of sp³-hybridized carbons (Fsp3) is 0.417. The predicted octanol–water partition coefficient (Wildman–Crippen LogP) is 0.279. The normalized spacial score (nSPS) is 21.0. The van der Waals surface area contributed by atoms with Gasteiger partial charge in [-0.1, -0.05) is 12.1 Å². The third-order valence-corrected chi connectivity index (χ3v) is 5.56. The third-order valence-electron chi connectivity index (χ3n) is 3.28. The third kappa shape index (κ3) is 3.05. The number of benzene rings is 1. The molecule has 1 amide bonds. The van der Waals surface area contributed by atoms with Crippen LogP contribution in [0.3, 0.4) is 0 Å². The molecule has 0 saturated carbocycles. The minimum atomic E-state index is -3.04. The highest BCUT2D eigenvalue weighted by atomic mass is 32.2. The molecule has 0 bridgehead atoms. The summed E-state index contributed by atoms with van der Waals surface area (Å²) in [5, 5.41) is 2.19. The van der Waals surface area contributed by atoms with Crippen molar-refractivity contribution in [2.45, 2.75) is 18.1 Å². The number of nitrogens with two attached hydrogens (primary N) is 1. The van der Waals surface area contributed by atoms with Crippen LogP contribution in [0, 0.1) is 0 Å². The summed E-state index contributed by atoms with van der Waals surface area (Å²) in [7, 11) is -3.04. The van der Waals surface area contributed by atoms with Crippen LogP contribution in [-0.2, 0) is 9.84 Å². The number of nitrogen functional groups attached to an aromatic ring is 1. The van der Waals surface area contributed by atoms with Crippen LogP contribution < -0.4 is 16.6 Å². The first-order valence-electron chi connectivity index (χ1n) is 6.10. The molecule has 1 heterocycles. The molecular formula is C12H17N3O3S. The Morgan fingerprint density at radius 2 is 2.11 bits per heavy atom. The van der Waals surface area contributed by atoms with Gasteiger partial charge in [0.25, 0.3) is 5.91 Å². The average Bonchev–Trinajstić information content (AvgIpc) is 2.75. The summed E-state index contributed by atoms with van der Waals surface area (Å²) in [5.41, 5.74) is 3.35. The number of hydrogen-bond acceptors (Lipinski definition) is 5. The minimum absolute atomic E-state index is 0.153. The van der Waals surface area contributed by atoms with Crippen molar-refractivity contribution in [3.63, 3.8) is 0 Å². The Bertz CT molecular complexity index is 571. The van der Waals surface area contributed by atoms with Crippen LogP contribution in [-0.4, -0.2) is 31.9 Å². The van der Waals surface area contributed by atoms with Crippen LogP contribution in [0.5, 0.6) is 0 Å². The van der Waals surface area contributed by atoms with Gasteiger partial charge >= 0.3 is 0 Å². The summed E-state index contributed by atoms with van der Waals surface area (Å²) in [6.45, 7) is 0.153. The Morgan fingerprint density at radius 1 is 1.37 bits per heavy atom. The minimum Gasteiger partial charge on any atom is -0.351 e. The maximum Gasteiger partial charge on any atom is 0.253 e. The number of hydrogen-bond donors (Lipinski definition) is 3. The molecule has 1 saturated heterocycles. The molecule has 104 valence electrons. The zero-order valence-electron chi connectivity index (χ0n) is 10.4. The fourth-order valence-corrected chi connectivity index (χ4v) is 3.96. The van der Waals surface area contributed by atoms with Crippen molar-refractivity contribution in [3.05, 3.63) is 29.8 Å². The average molecular weight is 283 g/mol. The topological polar surface area (TPSA) is 101 Å². The van der Waals surface area contributed by atoms with Gasteiger partial charge in [-0.2, -0.15) is 0 Å². The summed E-state index contributed by atoms with van der Waals surface area (Å²) in [4.78, 5) is 12.0. The summed E-state index contributed by atoms with van der Waals surface area (Å²) in [6.07, 6.45) is 1.28. The summed E-state index contributed by atoms with van der Waals surface area (Å²) < 4.78 is 23.3. The monoisotopic (exact) mass is 283 g/mol. The summed E-state index contributed by atoms with van der Waals surface area (Å²) >= 11 is 0. The molecule has 1 unspecified atom stereocenters. The Hall–Kier alpha value is -1.60. The van der Waals surface area contributed by atoms with Crippen LogP contribution in [0.25, 0.3) is 0 Å². The number of para-hydroxylation sites is 1. The number of carbonyl (C=O) groups is 1. The van der Waals surface area contributed by atoms with E-state index in [1.807, 2.05) is 0 Å². The molecule has 0 aliphatic carbocycles. The SMILES string of the molecule is NNc1ccccc1C(=O)NCC1CCCS1(=O)=O. The molecule has 1 aliphatic heterocycles. The second-order valence-electron chi connectivity index (χ2n) is 4.53. The van der Waals surface area contributed by atoms with Gasteiger partial charge in [-0.15, -0.1) is 0 Å². The maximum absolute atomic E-state index is 12.0. The van der Waals surface area contributed by atoms with Gasteiger partial charge in [-0.05, 0) is 25.0 Å². The lowest BCUT2D eigenvalue weighted by atomic mass is 10.1. The highest BCUT2D eigenvalue weighted by molar-refractivity contribution is 7.92. The standard InChI is InChI=1S/C12H17N3O3S/c13-15-11-6-2-1-5-10(11)12(16)14-8-9-4-3-7-19(9,17)18/h1-2,5-6,9,15H,3-4,7-8,13H2,(H,14,16). The van der Waals surface area contributed by atoms with Crippen molar-refractivity contribution in [2.24, 2.45) is 5.84 Å². The first kappa shape index (κ1) is 13.8. The Labute approximate surface area is 112 Å².